The molecule has 242 valence electrons. The molecule has 0 radical (unpaired) electrons. The van der Waals surface area contributed by atoms with E-state index < -0.39 is 38.9 Å². The third-order valence-electron chi connectivity index (χ3n) is 8.28. The molecule has 3 aromatic rings. The molecule has 45 heavy (non-hydrogen) atoms. The Kier molecular flexibility index (Phi) is 9.75. The van der Waals surface area contributed by atoms with E-state index >= 15 is 0 Å². The van der Waals surface area contributed by atoms with Gasteiger partial charge < -0.3 is 15.3 Å². The minimum Gasteiger partial charge on any atom is -0.384 e. The van der Waals surface area contributed by atoms with Gasteiger partial charge in [0.2, 0.25) is 5.91 Å². The van der Waals surface area contributed by atoms with Gasteiger partial charge in [-0.2, -0.15) is 5.10 Å². The van der Waals surface area contributed by atoms with Crippen LogP contribution in [0.3, 0.4) is 0 Å². The third kappa shape index (κ3) is 6.89. The van der Waals surface area contributed by atoms with Crippen LogP contribution in [0.5, 0.6) is 0 Å². The molecule has 1 aromatic heterocycles. The lowest BCUT2D eigenvalue weighted by atomic mass is 9.66. The standard InChI is InChI=1S/C31H37Cl2N5O6S/c1-18(2)24(29(41)38-15-14-31(42,30(4,5)17-38)22-10-12-23(32)13-11-22)34-27(39)20-8-7-9-21(16-20)28(40)36-45(43,44)25-19(3)35-37(6)26(25)33/h7-13,16,18,24,42H,14-15,17H2,1-6H3,(H,34,39)(H,36,40)/t24-,31+/m1/s1. The van der Waals surface area contributed by atoms with Crippen molar-refractivity contribution >= 4 is 50.9 Å². The molecule has 2 atom stereocenters. The van der Waals surface area contributed by atoms with Gasteiger partial charge in [-0.15, -0.1) is 0 Å². The summed E-state index contributed by atoms with van der Waals surface area (Å²) in [4.78, 5) is 41.4. The normalized spacial score (nSPS) is 18.8. The number of rotatable bonds is 8. The monoisotopic (exact) mass is 677 g/mol. The number of aliphatic hydroxyl groups is 1. The Morgan fingerprint density at radius 2 is 1.62 bits per heavy atom. The number of aromatic nitrogens is 2. The first-order chi connectivity index (χ1) is 20.9. The summed E-state index contributed by atoms with van der Waals surface area (Å²) in [6.45, 7) is 9.37. The number of piperidine rings is 1. The number of amides is 3. The first kappa shape index (κ1) is 34.4. The van der Waals surface area contributed by atoms with Crippen LogP contribution in [0.25, 0.3) is 0 Å². The Morgan fingerprint density at radius 1 is 1.02 bits per heavy atom. The molecule has 1 aliphatic rings. The molecule has 2 aromatic carbocycles. The smallest absolute Gasteiger partial charge is 0.269 e. The fraction of sp³-hybridized carbons (Fsp3) is 0.419. The molecular weight excluding hydrogens is 641 g/mol. The van der Waals surface area contributed by atoms with Crippen molar-refractivity contribution in [2.75, 3.05) is 13.1 Å². The highest BCUT2D eigenvalue weighted by atomic mass is 35.5. The Morgan fingerprint density at radius 3 is 2.16 bits per heavy atom. The Balaban J connectivity index is 1.48. The van der Waals surface area contributed by atoms with E-state index in [9.17, 15) is 27.9 Å². The highest BCUT2D eigenvalue weighted by Crippen LogP contribution is 2.46. The highest BCUT2D eigenvalue weighted by molar-refractivity contribution is 7.90. The highest BCUT2D eigenvalue weighted by Gasteiger charge is 2.50. The van der Waals surface area contributed by atoms with Crippen molar-refractivity contribution in [3.05, 3.63) is 81.1 Å². The lowest BCUT2D eigenvalue weighted by molar-refractivity contribution is -0.155. The van der Waals surface area contributed by atoms with Crippen molar-refractivity contribution in [1.29, 1.82) is 0 Å². The van der Waals surface area contributed by atoms with Crippen LogP contribution >= 0.6 is 23.2 Å². The van der Waals surface area contributed by atoms with Crippen LogP contribution in [0.15, 0.2) is 53.4 Å². The molecule has 1 saturated heterocycles. The van der Waals surface area contributed by atoms with E-state index in [4.69, 9.17) is 23.2 Å². The zero-order valence-corrected chi connectivity index (χ0v) is 28.2. The zero-order chi connectivity index (χ0) is 33.5. The quantitative estimate of drug-likeness (QED) is 0.325. The number of carbonyl (C=O) groups is 3. The summed E-state index contributed by atoms with van der Waals surface area (Å²) in [5.41, 5.74) is -1.11. The van der Waals surface area contributed by atoms with E-state index in [1.165, 1.54) is 42.9 Å². The number of nitrogens with one attached hydrogen (secondary N) is 2. The van der Waals surface area contributed by atoms with Gasteiger partial charge in [-0.25, -0.2) is 13.1 Å². The van der Waals surface area contributed by atoms with Gasteiger partial charge in [0.1, 0.15) is 16.1 Å². The topological polar surface area (TPSA) is 151 Å². The second kappa shape index (κ2) is 12.7. The number of benzene rings is 2. The molecule has 4 rings (SSSR count). The number of hydrogen-bond acceptors (Lipinski definition) is 7. The van der Waals surface area contributed by atoms with Crippen LogP contribution in [0.2, 0.25) is 10.2 Å². The number of carbonyl (C=O) groups excluding carboxylic acids is 3. The number of aryl methyl sites for hydroxylation is 2. The fourth-order valence-corrected chi connectivity index (χ4v) is 7.51. The lowest BCUT2D eigenvalue weighted by Gasteiger charge is -2.51. The number of halogens is 2. The number of sulfonamides is 1. The van der Waals surface area contributed by atoms with E-state index in [2.05, 4.69) is 10.4 Å². The predicted molar refractivity (Wildman–Crippen MR) is 170 cm³/mol. The summed E-state index contributed by atoms with van der Waals surface area (Å²) >= 11 is 12.1. The van der Waals surface area contributed by atoms with Gasteiger partial charge in [-0.3, -0.25) is 19.1 Å². The van der Waals surface area contributed by atoms with E-state index in [1.54, 1.807) is 29.2 Å². The molecule has 0 aliphatic carbocycles. The van der Waals surface area contributed by atoms with E-state index in [1.807, 2.05) is 32.4 Å². The molecule has 0 bridgehead atoms. The summed E-state index contributed by atoms with van der Waals surface area (Å²) in [6.07, 6.45) is 0.288. The van der Waals surface area contributed by atoms with Crippen LogP contribution in [0.4, 0.5) is 0 Å². The van der Waals surface area contributed by atoms with Crippen molar-refractivity contribution in [2.24, 2.45) is 18.4 Å². The Labute approximate surface area is 272 Å². The van der Waals surface area contributed by atoms with Crippen LogP contribution in [-0.2, 0) is 27.5 Å². The van der Waals surface area contributed by atoms with Crippen LogP contribution in [-0.4, -0.2) is 65.1 Å². The summed E-state index contributed by atoms with van der Waals surface area (Å²) in [5, 5.41) is 18.9. The number of hydrogen-bond donors (Lipinski definition) is 3. The van der Waals surface area contributed by atoms with Crippen molar-refractivity contribution in [2.45, 2.75) is 57.6 Å². The molecule has 0 unspecified atom stereocenters. The van der Waals surface area contributed by atoms with Gasteiger partial charge in [-0.05, 0) is 55.2 Å². The second-order valence-electron chi connectivity index (χ2n) is 12.3. The minimum absolute atomic E-state index is 0.0603. The molecule has 1 aliphatic heterocycles. The van der Waals surface area contributed by atoms with E-state index in [-0.39, 0.29) is 58.2 Å². The maximum absolute atomic E-state index is 13.8. The maximum Gasteiger partial charge on any atom is 0.269 e. The average Bonchev–Trinajstić information content (AvgIpc) is 3.23. The summed E-state index contributed by atoms with van der Waals surface area (Å²) in [6, 6.07) is 11.6. The van der Waals surface area contributed by atoms with Crippen LogP contribution in [0.1, 0.15) is 66.1 Å². The van der Waals surface area contributed by atoms with E-state index in [0.29, 0.717) is 10.6 Å². The molecule has 0 spiro atoms. The van der Waals surface area contributed by atoms with Crippen molar-refractivity contribution in [3.63, 3.8) is 0 Å². The molecule has 3 N–H and O–H groups in total. The summed E-state index contributed by atoms with van der Waals surface area (Å²) < 4.78 is 29.0. The van der Waals surface area contributed by atoms with Gasteiger partial charge in [0, 0.05) is 41.7 Å². The number of likely N-dealkylation sites (tertiary alicyclic amines) is 1. The third-order valence-corrected chi connectivity index (χ3v) is 10.6. The van der Waals surface area contributed by atoms with Crippen molar-refractivity contribution < 1.29 is 27.9 Å². The van der Waals surface area contributed by atoms with Crippen LogP contribution in [0, 0.1) is 18.3 Å². The van der Waals surface area contributed by atoms with Crippen molar-refractivity contribution in [1.82, 2.24) is 24.7 Å². The molecule has 3 amide bonds. The van der Waals surface area contributed by atoms with Crippen molar-refractivity contribution in [3.8, 4) is 0 Å². The molecule has 0 saturated carbocycles. The maximum atomic E-state index is 13.8. The molecule has 11 nitrogen and oxygen atoms in total. The zero-order valence-electron chi connectivity index (χ0n) is 25.9. The predicted octanol–water partition coefficient (Wildman–Crippen LogP) is 4.05. The summed E-state index contributed by atoms with van der Waals surface area (Å²) in [5.74, 6) is -2.16. The average molecular weight is 679 g/mol. The largest absolute Gasteiger partial charge is 0.384 e. The lowest BCUT2D eigenvalue weighted by Crippen LogP contribution is -2.60. The first-order valence-electron chi connectivity index (χ1n) is 14.3. The molecule has 1 fully saturated rings. The summed E-state index contributed by atoms with van der Waals surface area (Å²) in [7, 11) is -2.89. The van der Waals surface area contributed by atoms with Gasteiger partial charge in [0.05, 0.1) is 11.3 Å². The van der Waals surface area contributed by atoms with Gasteiger partial charge in [0.25, 0.3) is 21.8 Å². The second-order valence-corrected chi connectivity index (χ2v) is 14.7. The fourth-order valence-electron chi connectivity index (χ4n) is 5.66. The van der Waals surface area contributed by atoms with Gasteiger partial charge in [-0.1, -0.05) is 69.1 Å². The van der Waals surface area contributed by atoms with Crippen LogP contribution < -0.4 is 10.0 Å². The van der Waals surface area contributed by atoms with Gasteiger partial charge in [0.15, 0.2) is 0 Å². The Hall–Kier alpha value is -3.45. The minimum atomic E-state index is -4.36. The first-order valence-corrected chi connectivity index (χ1v) is 16.6. The number of nitrogens with zero attached hydrogens (tertiary/aromatic N) is 3. The molecule has 2 heterocycles. The van der Waals surface area contributed by atoms with Gasteiger partial charge >= 0.3 is 0 Å². The SMILES string of the molecule is Cc1nn(C)c(Cl)c1S(=O)(=O)NC(=O)c1cccc(C(=O)N[C@@H](C(=O)N2CC[C@](O)(c3ccc(Cl)cc3)C(C)(C)C2)C(C)C)c1. The van der Waals surface area contributed by atoms with E-state index in [0.717, 1.165) is 0 Å². The molecule has 14 heteroatoms. The Bertz CT molecular complexity index is 1740. The molecular formula is C31H37Cl2N5O6S.